The number of rotatable bonds is 2. The molecule has 0 aromatic heterocycles. The van der Waals surface area contributed by atoms with E-state index in [4.69, 9.17) is 0 Å². The molecule has 0 radical (unpaired) electrons. The van der Waals surface area contributed by atoms with Crippen molar-refractivity contribution < 1.29 is 8.42 Å². The van der Waals surface area contributed by atoms with Gasteiger partial charge < -0.3 is 5.32 Å². The van der Waals surface area contributed by atoms with Gasteiger partial charge in [0.1, 0.15) is 0 Å². The van der Waals surface area contributed by atoms with E-state index in [1.807, 2.05) is 34.6 Å². The van der Waals surface area contributed by atoms with Gasteiger partial charge in [0, 0.05) is 25.7 Å². The molecule has 1 saturated heterocycles. The molecule has 1 fully saturated rings. The summed E-state index contributed by atoms with van der Waals surface area (Å²) in [6.07, 6.45) is 0. The Morgan fingerprint density at radius 1 is 0.952 bits per heavy atom. The van der Waals surface area contributed by atoms with Crippen LogP contribution < -0.4 is 5.32 Å². The van der Waals surface area contributed by atoms with Gasteiger partial charge in [0.25, 0.3) is 0 Å². The van der Waals surface area contributed by atoms with Gasteiger partial charge in [-0.2, -0.15) is 4.31 Å². The van der Waals surface area contributed by atoms with Gasteiger partial charge in [-0.25, -0.2) is 8.42 Å². The van der Waals surface area contributed by atoms with Crippen LogP contribution in [-0.2, 0) is 10.0 Å². The fourth-order valence-electron chi connectivity index (χ4n) is 3.15. The van der Waals surface area contributed by atoms with Crippen molar-refractivity contribution in [1.29, 1.82) is 0 Å². The number of piperazine rings is 1. The highest BCUT2D eigenvalue weighted by Crippen LogP contribution is 2.32. The lowest BCUT2D eigenvalue weighted by Gasteiger charge is -2.34. The van der Waals surface area contributed by atoms with Gasteiger partial charge in [0.05, 0.1) is 4.90 Å². The Hall–Kier alpha value is -0.910. The highest BCUT2D eigenvalue weighted by Gasteiger charge is 2.34. The first kappa shape index (κ1) is 16.5. The summed E-state index contributed by atoms with van der Waals surface area (Å²) < 4.78 is 28.0. The van der Waals surface area contributed by atoms with E-state index in [0.717, 1.165) is 22.3 Å². The van der Waals surface area contributed by atoms with Crippen molar-refractivity contribution in [1.82, 2.24) is 9.62 Å². The number of nitrogens with one attached hydrogen (secondary N) is 1. The van der Waals surface area contributed by atoms with E-state index in [2.05, 4.69) is 12.2 Å². The Kier molecular flexibility index (Phi) is 4.47. The molecule has 2 rings (SSSR count). The molecular formula is C16H26N2O2S. The molecule has 0 bridgehead atoms. The fourth-order valence-corrected chi connectivity index (χ4v) is 5.34. The molecule has 1 aliphatic heterocycles. The minimum absolute atomic E-state index is 0.00975. The van der Waals surface area contributed by atoms with Crippen LogP contribution in [0.5, 0.6) is 0 Å². The Morgan fingerprint density at radius 2 is 1.43 bits per heavy atom. The molecule has 1 heterocycles. The largest absolute Gasteiger partial charge is 0.314 e. The van der Waals surface area contributed by atoms with Gasteiger partial charge in [0.15, 0.2) is 0 Å². The molecule has 0 saturated carbocycles. The van der Waals surface area contributed by atoms with Crippen LogP contribution in [-0.4, -0.2) is 38.4 Å². The van der Waals surface area contributed by atoms with Gasteiger partial charge in [-0.05, 0) is 69.4 Å². The summed E-state index contributed by atoms with van der Waals surface area (Å²) in [7, 11) is -3.44. The molecule has 1 aliphatic rings. The van der Waals surface area contributed by atoms with Crippen molar-refractivity contribution >= 4 is 10.0 Å². The van der Waals surface area contributed by atoms with Crippen LogP contribution in [0.1, 0.15) is 34.7 Å². The lowest BCUT2D eigenvalue weighted by Crippen LogP contribution is -2.52. The summed E-state index contributed by atoms with van der Waals surface area (Å²) >= 11 is 0. The van der Waals surface area contributed by atoms with E-state index in [-0.39, 0.29) is 6.04 Å². The maximum atomic E-state index is 13.2. The molecule has 1 N–H and O–H groups in total. The van der Waals surface area contributed by atoms with Crippen molar-refractivity contribution in [2.75, 3.05) is 19.6 Å². The summed E-state index contributed by atoms with van der Waals surface area (Å²) in [5, 5.41) is 3.24. The quantitative estimate of drug-likeness (QED) is 0.911. The summed E-state index contributed by atoms with van der Waals surface area (Å²) in [5.41, 5.74) is 5.14. The smallest absolute Gasteiger partial charge is 0.243 e. The third-order valence-corrected chi connectivity index (χ3v) is 7.23. The topological polar surface area (TPSA) is 49.4 Å². The molecule has 118 valence electrons. The van der Waals surface area contributed by atoms with Gasteiger partial charge in [0.2, 0.25) is 10.0 Å². The minimum Gasteiger partial charge on any atom is -0.314 e. The normalized spacial score (nSPS) is 20.8. The summed E-state index contributed by atoms with van der Waals surface area (Å²) in [4.78, 5) is 0.511. The monoisotopic (exact) mass is 310 g/mol. The van der Waals surface area contributed by atoms with E-state index >= 15 is 0 Å². The zero-order chi connectivity index (χ0) is 15.9. The molecule has 21 heavy (non-hydrogen) atoms. The number of hydrogen-bond acceptors (Lipinski definition) is 3. The first-order valence-corrected chi connectivity index (χ1v) is 8.93. The second-order valence-corrected chi connectivity index (χ2v) is 7.95. The highest BCUT2D eigenvalue weighted by atomic mass is 32.2. The number of sulfonamides is 1. The molecule has 0 spiro atoms. The molecule has 0 amide bonds. The summed E-state index contributed by atoms with van der Waals surface area (Å²) in [6.45, 7) is 13.9. The predicted molar refractivity (Wildman–Crippen MR) is 86.4 cm³/mol. The van der Waals surface area contributed by atoms with Gasteiger partial charge in [-0.15, -0.1) is 0 Å². The van der Waals surface area contributed by atoms with Gasteiger partial charge in [-0.3, -0.25) is 0 Å². The summed E-state index contributed by atoms with van der Waals surface area (Å²) in [6, 6.07) is -0.00975. The Labute approximate surface area is 128 Å². The molecule has 1 atom stereocenters. The van der Waals surface area contributed by atoms with Crippen LogP contribution in [0.2, 0.25) is 0 Å². The van der Waals surface area contributed by atoms with E-state index in [1.165, 1.54) is 5.56 Å². The predicted octanol–water partition coefficient (Wildman–Crippen LogP) is 2.21. The van der Waals surface area contributed by atoms with Crippen molar-refractivity contribution in [3.05, 3.63) is 27.8 Å². The van der Waals surface area contributed by atoms with Crippen molar-refractivity contribution in [2.45, 2.75) is 52.5 Å². The van der Waals surface area contributed by atoms with Crippen LogP contribution in [0, 0.1) is 34.6 Å². The second kappa shape index (κ2) is 5.71. The number of benzene rings is 1. The van der Waals surface area contributed by atoms with Gasteiger partial charge in [-0.1, -0.05) is 0 Å². The number of nitrogens with zero attached hydrogens (tertiary/aromatic N) is 1. The Morgan fingerprint density at radius 3 is 1.90 bits per heavy atom. The standard InChI is InChI=1S/C16H26N2O2S/c1-10-9-17-7-8-18(10)21(19,20)16-14(5)12(3)11(2)13(4)15(16)6/h10,17H,7-9H2,1-6H3/t10-/m1/s1. The van der Waals surface area contributed by atoms with Crippen molar-refractivity contribution in [2.24, 2.45) is 0 Å². The lowest BCUT2D eigenvalue weighted by molar-refractivity contribution is 0.283. The fraction of sp³-hybridized carbons (Fsp3) is 0.625. The van der Waals surface area contributed by atoms with Crippen molar-refractivity contribution in [3.63, 3.8) is 0 Å². The van der Waals surface area contributed by atoms with Crippen LogP contribution >= 0.6 is 0 Å². The van der Waals surface area contributed by atoms with Crippen molar-refractivity contribution in [3.8, 4) is 0 Å². The third-order valence-electron chi connectivity index (χ3n) is 4.94. The maximum absolute atomic E-state index is 13.2. The minimum atomic E-state index is -3.44. The van der Waals surface area contributed by atoms with Gasteiger partial charge >= 0.3 is 0 Å². The average Bonchev–Trinajstić information content (AvgIpc) is 2.43. The van der Waals surface area contributed by atoms with E-state index in [1.54, 1.807) is 4.31 Å². The zero-order valence-electron chi connectivity index (χ0n) is 13.9. The first-order chi connectivity index (χ1) is 9.69. The SMILES string of the molecule is Cc1c(C)c(C)c(S(=O)(=O)N2CCNC[C@H]2C)c(C)c1C. The number of hydrogen-bond donors (Lipinski definition) is 1. The lowest BCUT2D eigenvalue weighted by atomic mass is 9.95. The van der Waals surface area contributed by atoms with Crippen LogP contribution in [0.3, 0.4) is 0 Å². The Balaban J connectivity index is 2.65. The second-order valence-electron chi connectivity index (χ2n) is 6.12. The van der Waals surface area contributed by atoms with Crippen LogP contribution in [0.4, 0.5) is 0 Å². The van der Waals surface area contributed by atoms with E-state index in [9.17, 15) is 8.42 Å². The average molecular weight is 310 g/mol. The Bertz CT molecular complexity index is 636. The van der Waals surface area contributed by atoms with Crippen LogP contribution in [0.25, 0.3) is 0 Å². The molecule has 5 heteroatoms. The molecule has 1 aromatic rings. The molecular weight excluding hydrogens is 284 g/mol. The van der Waals surface area contributed by atoms with Crippen LogP contribution in [0.15, 0.2) is 4.90 Å². The first-order valence-electron chi connectivity index (χ1n) is 7.49. The molecule has 0 aliphatic carbocycles. The summed E-state index contributed by atoms with van der Waals surface area (Å²) in [5.74, 6) is 0. The molecule has 1 aromatic carbocycles. The zero-order valence-corrected chi connectivity index (χ0v) is 14.7. The molecule has 4 nitrogen and oxygen atoms in total. The third kappa shape index (κ3) is 2.62. The highest BCUT2D eigenvalue weighted by molar-refractivity contribution is 7.89. The maximum Gasteiger partial charge on any atom is 0.243 e. The van der Waals surface area contributed by atoms with E-state index < -0.39 is 10.0 Å². The molecule has 0 unspecified atom stereocenters. The van der Waals surface area contributed by atoms with E-state index in [0.29, 0.717) is 24.5 Å².